The van der Waals surface area contributed by atoms with Crippen molar-refractivity contribution in [3.05, 3.63) is 29.8 Å². The van der Waals surface area contributed by atoms with Crippen LogP contribution in [-0.2, 0) is 11.3 Å². The van der Waals surface area contributed by atoms with E-state index in [4.69, 9.17) is 10.5 Å². The molecule has 2 rings (SSSR count). The SMILES string of the molecule is Bc1ccccc1CN1CC(C)(CN)OC1=O. The summed E-state index contributed by atoms with van der Waals surface area (Å²) in [4.78, 5) is 13.4. The molecule has 1 heterocycles. The molecule has 1 aliphatic rings. The summed E-state index contributed by atoms with van der Waals surface area (Å²) >= 11 is 0. The van der Waals surface area contributed by atoms with Gasteiger partial charge in [-0.1, -0.05) is 29.7 Å². The lowest BCUT2D eigenvalue weighted by molar-refractivity contribution is 0.0781. The van der Waals surface area contributed by atoms with Gasteiger partial charge in [0.05, 0.1) is 6.54 Å². The number of nitrogens with zero attached hydrogens (tertiary/aromatic N) is 1. The van der Waals surface area contributed by atoms with Crippen molar-refractivity contribution in [1.29, 1.82) is 0 Å². The van der Waals surface area contributed by atoms with Crippen LogP contribution in [0.2, 0.25) is 0 Å². The summed E-state index contributed by atoms with van der Waals surface area (Å²) in [5.41, 5.74) is 7.40. The fourth-order valence-corrected chi connectivity index (χ4v) is 2.00. The average Bonchev–Trinajstić information content (AvgIpc) is 2.58. The zero-order valence-electron chi connectivity index (χ0n) is 10.3. The van der Waals surface area contributed by atoms with Gasteiger partial charge in [0, 0.05) is 13.1 Å². The summed E-state index contributed by atoms with van der Waals surface area (Å²) in [6.45, 7) is 3.35. The summed E-state index contributed by atoms with van der Waals surface area (Å²) in [7, 11) is 2.04. The van der Waals surface area contributed by atoms with Crippen LogP contribution in [0.4, 0.5) is 4.79 Å². The van der Waals surface area contributed by atoms with Crippen LogP contribution in [0, 0.1) is 0 Å². The number of ether oxygens (including phenoxy) is 1. The minimum absolute atomic E-state index is 0.277. The van der Waals surface area contributed by atoms with Gasteiger partial charge in [-0.25, -0.2) is 4.79 Å². The summed E-state index contributed by atoms with van der Waals surface area (Å²) in [6.07, 6.45) is -0.277. The van der Waals surface area contributed by atoms with Crippen LogP contribution in [0.25, 0.3) is 0 Å². The topological polar surface area (TPSA) is 55.6 Å². The lowest BCUT2D eigenvalue weighted by atomic mass is 9.90. The summed E-state index contributed by atoms with van der Waals surface area (Å²) in [6, 6.07) is 8.04. The van der Waals surface area contributed by atoms with E-state index in [1.54, 1.807) is 4.90 Å². The van der Waals surface area contributed by atoms with E-state index < -0.39 is 5.60 Å². The van der Waals surface area contributed by atoms with E-state index in [9.17, 15) is 4.79 Å². The molecule has 1 saturated heterocycles. The third-order valence-corrected chi connectivity index (χ3v) is 3.17. The molecule has 1 amide bonds. The molecule has 0 radical (unpaired) electrons. The van der Waals surface area contributed by atoms with Crippen LogP contribution < -0.4 is 11.2 Å². The normalized spacial score (nSPS) is 23.9. The van der Waals surface area contributed by atoms with Crippen molar-refractivity contribution in [3.8, 4) is 0 Å². The molecule has 5 heteroatoms. The Morgan fingerprint density at radius 3 is 2.82 bits per heavy atom. The molecule has 1 aliphatic heterocycles. The fraction of sp³-hybridized carbons (Fsp3) is 0.417. The molecule has 1 aromatic carbocycles. The largest absolute Gasteiger partial charge is 0.440 e. The molecule has 1 fully saturated rings. The summed E-state index contributed by atoms with van der Waals surface area (Å²) in [5, 5.41) is 0. The first-order valence-corrected chi connectivity index (χ1v) is 5.76. The molecule has 4 nitrogen and oxygen atoms in total. The smallest absolute Gasteiger partial charge is 0.410 e. The van der Waals surface area contributed by atoms with Crippen LogP contribution >= 0.6 is 0 Å². The molecule has 0 bridgehead atoms. The number of amides is 1. The van der Waals surface area contributed by atoms with Crippen molar-refractivity contribution in [2.75, 3.05) is 13.1 Å². The summed E-state index contributed by atoms with van der Waals surface area (Å²) < 4.78 is 5.28. The minimum atomic E-state index is -0.542. The second kappa shape index (κ2) is 4.41. The molecular weight excluding hydrogens is 215 g/mol. The van der Waals surface area contributed by atoms with Crippen molar-refractivity contribution in [2.45, 2.75) is 19.1 Å². The van der Waals surface area contributed by atoms with Gasteiger partial charge in [0.1, 0.15) is 13.4 Å². The van der Waals surface area contributed by atoms with Crippen LogP contribution in [0.5, 0.6) is 0 Å². The highest BCUT2D eigenvalue weighted by atomic mass is 16.6. The molecule has 17 heavy (non-hydrogen) atoms. The molecule has 0 aliphatic carbocycles. The second-order valence-electron chi connectivity index (χ2n) is 4.80. The molecule has 0 spiro atoms. The van der Waals surface area contributed by atoms with Crippen molar-refractivity contribution in [2.24, 2.45) is 5.73 Å². The Morgan fingerprint density at radius 1 is 1.53 bits per heavy atom. The van der Waals surface area contributed by atoms with Crippen molar-refractivity contribution in [1.82, 2.24) is 4.90 Å². The Kier molecular flexibility index (Phi) is 3.11. The highest BCUT2D eigenvalue weighted by Gasteiger charge is 2.40. The first kappa shape index (κ1) is 12.0. The molecular formula is C12H17BN2O2. The van der Waals surface area contributed by atoms with Gasteiger partial charge in [-0.2, -0.15) is 0 Å². The zero-order valence-corrected chi connectivity index (χ0v) is 10.3. The van der Waals surface area contributed by atoms with Gasteiger partial charge in [-0.15, -0.1) is 0 Å². The summed E-state index contributed by atoms with van der Waals surface area (Å²) in [5.74, 6) is 0. The quantitative estimate of drug-likeness (QED) is 0.722. The van der Waals surface area contributed by atoms with E-state index in [-0.39, 0.29) is 6.09 Å². The van der Waals surface area contributed by atoms with Crippen LogP contribution in [-0.4, -0.2) is 37.5 Å². The number of carbonyl (C=O) groups excluding carboxylic acids is 1. The molecule has 1 unspecified atom stereocenters. The van der Waals surface area contributed by atoms with Crippen molar-refractivity contribution < 1.29 is 9.53 Å². The Balaban J connectivity index is 2.11. The van der Waals surface area contributed by atoms with E-state index in [0.717, 1.165) is 5.56 Å². The first-order chi connectivity index (χ1) is 8.04. The lowest BCUT2D eigenvalue weighted by Crippen LogP contribution is -2.38. The molecule has 1 atom stereocenters. The van der Waals surface area contributed by atoms with Gasteiger partial charge in [0.2, 0.25) is 0 Å². The molecule has 2 N–H and O–H groups in total. The zero-order chi connectivity index (χ0) is 12.5. The maximum atomic E-state index is 11.7. The van der Waals surface area contributed by atoms with E-state index in [2.05, 4.69) is 0 Å². The maximum absolute atomic E-state index is 11.7. The average molecular weight is 232 g/mol. The van der Waals surface area contributed by atoms with E-state index >= 15 is 0 Å². The highest BCUT2D eigenvalue weighted by Crippen LogP contribution is 2.22. The van der Waals surface area contributed by atoms with Gasteiger partial charge < -0.3 is 10.5 Å². The predicted octanol–water partition coefficient (Wildman–Crippen LogP) is -0.385. The fourth-order valence-electron chi connectivity index (χ4n) is 2.00. The monoisotopic (exact) mass is 232 g/mol. The van der Waals surface area contributed by atoms with Crippen LogP contribution in [0.1, 0.15) is 12.5 Å². The highest BCUT2D eigenvalue weighted by molar-refractivity contribution is 6.33. The minimum Gasteiger partial charge on any atom is -0.440 e. The number of benzene rings is 1. The Hall–Kier alpha value is -1.49. The number of hydrogen-bond donors (Lipinski definition) is 1. The van der Waals surface area contributed by atoms with Gasteiger partial charge >= 0.3 is 6.09 Å². The standard InChI is InChI=1S/C12H17BN2O2/c1-12(7-14)8-15(11(16)17-12)6-9-4-2-3-5-10(9)13/h2-5H,6-8,13-14H2,1H3. The Morgan fingerprint density at radius 2 is 2.24 bits per heavy atom. The van der Waals surface area contributed by atoms with E-state index in [1.165, 1.54) is 5.46 Å². The number of nitrogens with two attached hydrogens (primary N) is 1. The number of carbonyl (C=O) groups is 1. The van der Waals surface area contributed by atoms with E-state index in [1.807, 2.05) is 39.0 Å². The van der Waals surface area contributed by atoms with Gasteiger partial charge in [0.25, 0.3) is 0 Å². The van der Waals surface area contributed by atoms with Crippen molar-refractivity contribution >= 4 is 19.4 Å². The molecule has 0 aromatic heterocycles. The van der Waals surface area contributed by atoms with Crippen molar-refractivity contribution in [3.63, 3.8) is 0 Å². The first-order valence-electron chi connectivity index (χ1n) is 5.76. The maximum Gasteiger partial charge on any atom is 0.410 e. The Bertz CT molecular complexity index is 438. The van der Waals surface area contributed by atoms with Gasteiger partial charge in [-0.3, -0.25) is 4.90 Å². The molecule has 90 valence electrons. The van der Waals surface area contributed by atoms with E-state index in [0.29, 0.717) is 19.6 Å². The molecule has 1 aromatic rings. The third kappa shape index (κ3) is 2.44. The number of cyclic esters (lactones) is 1. The number of hydrogen-bond acceptors (Lipinski definition) is 3. The third-order valence-electron chi connectivity index (χ3n) is 3.17. The second-order valence-corrected chi connectivity index (χ2v) is 4.80. The molecule has 0 saturated carbocycles. The lowest BCUT2D eigenvalue weighted by Gasteiger charge is -2.19. The van der Waals surface area contributed by atoms with Crippen LogP contribution in [0.3, 0.4) is 0 Å². The van der Waals surface area contributed by atoms with Crippen LogP contribution in [0.15, 0.2) is 24.3 Å². The Labute approximate surface area is 102 Å². The number of rotatable bonds is 3. The predicted molar refractivity (Wildman–Crippen MR) is 69.0 cm³/mol. The van der Waals surface area contributed by atoms with Gasteiger partial charge in [0.15, 0.2) is 0 Å². The van der Waals surface area contributed by atoms with Gasteiger partial charge in [-0.05, 0) is 12.5 Å².